The number of hydrogen-bond acceptors (Lipinski definition) is 4. The minimum absolute atomic E-state index is 0.200. The Kier molecular flexibility index (Phi) is 6.86. The monoisotopic (exact) mass is 272 g/mol. The molecular weight excluding hydrogens is 252 g/mol. The molecule has 0 heterocycles. The third kappa shape index (κ3) is 4.72. The molecule has 4 nitrogen and oxygen atoms in total. The number of nitrogens with one attached hydrogen (secondary N) is 1. The second-order valence-corrected chi connectivity index (χ2v) is 4.51. The lowest BCUT2D eigenvalue weighted by molar-refractivity contribution is 0.182. The van der Waals surface area contributed by atoms with Crippen LogP contribution in [0.1, 0.15) is 12.8 Å². The summed E-state index contributed by atoms with van der Waals surface area (Å²) in [6, 6.07) is 5.70. The summed E-state index contributed by atoms with van der Waals surface area (Å²) >= 11 is 5.99. The van der Waals surface area contributed by atoms with Crippen molar-refractivity contribution < 1.29 is 9.47 Å². The molecule has 1 atom stereocenters. The van der Waals surface area contributed by atoms with E-state index in [1.165, 1.54) is 0 Å². The van der Waals surface area contributed by atoms with Gasteiger partial charge in [0.15, 0.2) is 0 Å². The van der Waals surface area contributed by atoms with Gasteiger partial charge in [0.05, 0.1) is 19.4 Å². The Balaban J connectivity index is 2.74. The normalized spacial score (nSPS) is 12.2. The molecule has 0 aliphatic heterocycles. The standard InChI is InChI=1S/C13H21ClN2O2/c1-17-9-11(4-3-7-15)16-12-8-10(14)5-6-13(12)18-2/h5-6,8,11,16H,3-4,7,9,15H2,1-2H3. The van der Waals surface area contributed by atoms with E-state index in [1.807, 2.05) is 12.1 Å². The molecule has 1 unspecified atom stereocenters. The predicted octanol–water partition coefficient (Wildman–Crippen LogP) is 2.51. The first-order valence-corrected chi connectivity index (χ1v) is 6.38. The Bertz CT molecular complexity index is 361. The highest BCUT2D eigenvalue weighted by Crippen LogP contribution is 2.28. The minimum Gasteiger partial charge on any atom is -0.495 e. The smallest absolute Gasteiger partial charge is 0.142 e. The van der Waals surface area contributed by atoms with E-state index in [2.05, 4.69) is 5.32 Å². The number of anilines is 1. The highest BCUT2D eigenvalue weighted by Gasteiger charge is 2.11. The molecule has 1 aromatic rings. The van der Waals surface area contributed by atoms with Crippen LogP contribution in [0.5, 0.6) is 5.75 Å². The molecule has 0 aliphatic carbocycles. The van der Waals surface area contributed by atoms with E-state index >= 15 is 0 Å². The first-order chi connectivity index (χ1) is 8.71. The number of benzene rings is 1. The van der Waals surface area contributed by atoms with Crippen LogP contribution >= 0.6 is 11.6 Å². The van der Waals surface area contributed by atoms with Crippen LogP contribution in [-0.2, 0) is 4.74 Å². The quantitative estimate of drug-likeness (QED) is 0.764. The Morgan fingerprint density at radius 1 is 1.39 bits per heavy atom. The van der Waals surface area contributed by atoms with Crippen molar-refractivity contribution in [1.29, 1.82) is 0 Å². The average Bonchev–Trinajstić information content (AvgIpc) is 2.36. The maximum absolute atomic E-state index is 5.99. The van der Waals surface area contributed by atoms with Gasteiger partial charge in [-0.1, -0.05) is 11.6 Å². The van der Waals surface area contributed by atoms with Crippen molar-refractivity contribution in [3.05, 3.63) is 23.2 Å². The molecule has 0 bridgehead atoms. The van der Waals surface area contributed by atoms with E-state index < -0.39 is 0 Å². The van der Waals surface area contributed by atoms with Crippen LogP contribution in [0.2, 0.25) is 5.02 Å². The van der Waals surface area contributed by atoms with Crippen molar-refractivity contribution in [2.75, 3.05) is 32.7 Å². The van der Waals surface area contributed by atoms with E-state index in [-0.39, 0.29) is 6.04 Å². The summed E-state index contributed by atoms with van der Waals surface area (Å²) in [6.45, 7) is 1.30. The molecule has 0 radical (unpaired) electrons. The summed E-state index contributed by atoms with van der Waals surface area (Å²) in [4.78, 5) is 0. The van der Waals surface area contributed by atoms with Gasteiger partial charge in [-0.3, -0.25) is 0 Å². The zero-order valence-corrected chi connectivity index (χ0v) is 11.7. The number of methoxy groups -OCH3 is 2. The van der Waals surface area contributed by atoms with E-state index in [9.17, 15) is 0 Å². The van der Waals surface area contributed by atoms with Crippen LogP contribution in [0.4, 0.5) is 5.69 Å². The minimum atomic E-state index is 0.200. The second-order valence-electron chi connectivity index (χ2n) is 4.07. The third-order valence-corrected chi connectivity index (χ3v) is 2.88. The lowest BCUT2D eigenvalue weighted by Crippen LogP contribution is -2.26. The van der Waals surface area contributed by atoms with Gasteiger partial charge in [-0.2, -0.15) is 0 Å². The van der Waals surface area contributed by atoms with Crippen molar-refractivity contribution >= 4 is 17.3 Å². The summed E-state index contributed by atoms with van der Waals surface area (Å²) in [5.41, 5.74) is 6.41. The molecule has 0 aromatic heterocycles. The van der Waals surface area contributed by atoms with Crippen LogP contribution in [0.25, 0.3) is 0 Å². The van der Waals surface area contributed by atoms with E-state index in [4.69, 9.17) is 26.8 Å². The lowest BCUT2D eigenvalue weighted by Gasteiger charge is -2.20. The molecule has 18 heavy (non-hydrogen) atoms. The second kappa shape index (κ2) is 8.19. The Hall–Kier alpha value is -0.970. The maximum atomic E-state index is 5.99. The first kappa shape index (κ1) is 15.1. The summed E-state index contributed by atoms with van der Waals surface area (Å²) < 4.78 is 10.5. The van der Waals surface area contributed by atoms with Gasteiger partial charge in [-0.15, -0.1) is 0 Å². The Morgan fingerprint density at radius 3 is 2.78 bits per heavy atom. The molecule has 5 heteroatoms. The van der Waals surface area contributed by atoms with Crippen molar-refractivity contribution in [3.8, 4) is 5.75 Å². The topological polar surface area (TPSA) is 56.5 Å². The van der Waals surface area contributed by atoms with Gasteiger partial charge in [0.1, 0.15) is 5.75 Å². The zero-order valence-electron chi connectivity index (χ0n) is 10.9. The molecule has 0 aliphatic rings. The molecule has 102 valence electrons. The van der Waals surface area contributed by atoms with Crippen LogP contribution in [0, 0.1) is 0 Å². The SMILES string of the molecule is COCC(CCCN)Nc1cc(Cl)ccc1OC. The molecule has 0 saturated heterocycles. The van der Waals surface area contributed by atoms with Crippen molar-refractivity contribution in [3.63, 3.8) is 0 Å². The van der Waals surface area contributed by atoms with Gasteiger partial charge in [-0.25, -0.2) is 0 Å². The number of hydrogen-bond donors (Lipinski definition) is 2. The highest BCUT2D eigenvalue weighted by molar-refractivity contribution is 6.30. The van der Waals surface area contributed by atoms with Crippen LogP contribution in [0.3, 0.4) is 0 Å². The van der Waals surface area contributed by atoms with Gasteiger partial charge in [-0.05, 0) is 37.6 Å². The van der Waals surface area contributed by atoms with Crippen molar-refractivity contribution in [2.24, 2.45) is 5.73 Å². The number of ether oxygens (including phenoxy) is 2. The predicted molar refractivity (Wildman–Crippen MR) is 75.6 cm³/mol. The molecule has 0 fully saturated rings. The van der Waals surface area contributed by atoms with Gasteiger partial charge in [0.2, 0.25) is 0 Å². The van der Waals surface area contributed by atoms with E-state index in [1.54, 1.807) is 20.3 Å². The third-order valence-electron chi connectivity index (χ3n) is 2.65. The van der Waals surface area contributed by atoms with Gasteiger partial charge >= 0.3 is 0 Å². The fraction of sp³-hybridized carbons (Fsp3) is 0.538. The number of nitrogens with two attached hydrogens (primary N) is 1. The number of halogens is 1. The van der Waals surface area contributed by atoms with Crippen LogP contribution < -0.4 is 15.8 Å². The summed E-state index contributed by atoms with van der Waals surface area (Å²) in [6.07, 6.45) is 1.89. The maximum Gasteiger partial charge on any atom is 0.142 e. The lowest BCUT2D eigenvalue weighted by atomic mass is 10.1. The highest BCUT2D eigenvalue weighted by atomic mass is 35.5. The molecule has 0 amide bonds. The summed E-state index contributed by atoms with van der Waals surface area (Å²) in [5, 5.41) is 4.06. The number of rotatable bonds is 8. The summed E-state index contributed by atoms with van der Waals surface area (Å²) in [7, 11) is 3.33. The van der Waals surface area contributed by atoms with E-state index in [0.29, 0.717) is 18.2 Å². The van der Waals surface area contributed by atoms with Gasteiger partial charge in [0.25, 0.3) is 0 Å². The summed E-state index contributed by atoms with van der Waals surface area (Å²) in [5.74, 6) is 0.772. The van der Waals surface area contributed by atoms with Crippen LogP contribution in [-0.4, -0.2) is 33.4 Å². The molecule has 0 saturated carbocycles. The Morgan fingerprint density at radius 2 is 2.17 bits per heavy atom. The Labute approximate surface area is 113 Å². The average molecular weight is 273 g/mol. The van der Waals surface area contributed by atoms with E-state index in [0.717, 1.165) is 24.3 Å². The van der Waals surface area contributed by atoms with Crippen LogP contribution in [0.15, 0.2) is 18.2 Å². The fourth-order valence-electron chi connectivity index (χ4n) is 1.78. The molecule has 3 N–H and O–H groups in total. The molecule has 1 aromatic carbocycles. The van der Waals surface area contributed by atoms with Gasteiger partial charge < -0.3 is 20.5 Å². The first-order valence-electron chi connectivity index (χ1n) is 6.00. The fourth-order valence-corrected chi connectivity index (χ4v) is 1.95. The molecular formula is C13H21ClN2O2. The van der Waals surface area contributed by atoms with Crippen molar-refractivity contribution in [2.45, 2.75) is 18.9 Å². The van der Waals surface area contributed by atoms with Crippen molar-refractivity contribution in [1.82, 2.24) is 0 Å². The zero-order chi connectivity index (χ0) is 13.4. The molecule has 1 rings (SSSR count). The largest absolute Gasteiger partial charge is 0.495 e. The molecule has 0 spiro atoms. The van der Waals surface area contributed by atoms with Gasteiger partial charge in [0, 0.05) is 18.2 Å².